The van der Waals surface area contributed by atoms with Crippen LogP contribution in [-0.2, 0) is 0 Å². The van der Waals surface area contributed by atoms with Gasteiger partial charge in [0.05, 0.1) is 11.7 Å². The number of piperidine rings is 1. The average molecular weight is 408 g/mol. The molecule has 0 bridgehead atoms. The van der Waals surface area contributed by atoms with E-state index < -0.39 is 0 Å². The fraction of sp³-hybridized carbons (Fsp3) is 0.545. The summed E-state index contributed by atoms with van der Waals surface area (Å²) in [4.78, 5) is 19.0. The Kier molecular flexibility index (Phi) is 4.92. The van der Waals surface area contributed by atoms with Crippen molar-refractivity contribution in [3.8, 4) is 0 Å². The van der Waals surface area contributed by atoms with Gasteiger partial charge in [-0.05, 0) is 58.1 Å². The summed E-state index contributed by atoms with van der Waals surface area (Å²) in [7, 11) is 0. The first-order valence-electron chi connectivity index (χ1n) is 11.0. The molecule has 3 aromatic heterocycles. The third-order valence-corrected chi connectivity index (χ3v) is 6.13. The van der Waals surface area contributed by atoms with E-state index in [4.69, 9.17) is 5.10 Å². The predicted octanol–water partition coefficient (Wildman–Crippen LogP) is 3.22. The van der Waals surface area contributed by atoms with Gasteiger partial charge >= 0.3 is 0 Å². The second-order valence-electron chi connectivity index (χ2n) is 8.74. The van der Waals surface area contributed by atoms with Crippen molar-refractivity contribution in [1.82, 2.24) is 24.4 Å². The van der Waals surface area contributed by atoms with Gasteiger partial charge in [-0.15, -0.1) is 0 Å². The fourth-order valence-corrected chi connectivity index (χ4v) is 4.32. The molecule has 2 aliphatic rings. The number of anilines is 2. The third-order valence-electron chi connectivity index (χ3n) is 6.13. The maximum Gasteiger partial charge on any atom is 0.267 e. The smallest absolute Gasteiger partial charge is 0.267 e. The van der Waals surface area contributed by atoms with Gasteiger partial charge < -0.3 is 10.2 Å². The average Bonchev–Trinajstić information content (AvgIpc) is 3.51. The zero-order valence-electron chi connectivity index (χ0n) is 17.7. The summed E-state index contributed by atoms with van der Waals surface area (Å²) in [5.74, 6) is 2.37. The van der Waals surface area contributed by atoms with Crippen LogP contribution in [0.5, 0.6) is 0 Å². The molecule has 1 aliphatic heterocycles. The number of aromatic nitrogens is 5. The Morgan fingerprint density at radius 1 is 1.17 bits per heavy atom. The van der Waals surface area contributed by atoms with E-state index in [-0.39, 0.29) is 11.6 Å². The maximum absolute atomic E-state index is 12.1. The third kappa shape index (κ3) is 3.66. The van der Waals surface area contributed by atoms with Crippen LogP contribution in [0.3, 0.4) is 0 Å². The number of nitrogens with one attached hydrogen (secondary N) is 1. The van der Waals surface area contributed by atoms with Crippen molar-refractivity contribution in [3.05, 3.63) is 46.6 Å². The highest BCUT2D eigenvalue weighted by Crippen LogP contribution is 2.40. The van der Waals surface area contributed by atoms with E-state index in [2.05, 4.69) is 26.4 Å². The molecule has 30 heavy (non-hydrogen) atoms. The number of hydrogen-bond donors (Lipinski definition) is 1. The van der Waals surface area contributed by atoms with Crippen LogP contribution < -0.4 is 15.8 Å². The summed E-state index contributed by atoms with van der Waals surface area (Å²) >= 11 is 0. The second kappa shape index (κ2) is 7.74. The molecule has 1 aliphatic carbocycles. The summed E-state index contributed by atoms with van der Waals surface area (Å²) in [5, 5.41) is 12.9. The Bertz CT molecular complexity index is 1100. The summed E-state index contributed by atoms with van der Waals surface area (Å²) in [6.07, 6.45) is 9.62. The Balaban J connectivity index is 1.37. The lowest BCUT2D eigenvalue weighted by atomic mass is 10.0. The van der Waals surface area contributed by atoms with Gasteiger partial charge in [-0.25, -0.2) is 14.2 Å². The zero-order valence-corrected chi connectivity index (χ0v) is 17.7. The molecule has 2 fully saturated rings. The number of rotatable bonds is 6. The van der Waals surface area contributed by atoms with Gasteiger partial charge in [-0.3, -0.25) is 4.79 Å². The molecule has 4 heterocycles. The molecule has 0 spiro atoms. The SMILES string of the molecule is CC(C)n1nc(N2CCCCC2CNc2nccn3nc(C4CC4)cc23)ccc1=O. The number of hydrogen-bond acceptors (Lipinski definition) is 6. The molecule has 1 N–H and O–H groups in total. The quantitative estimate of drug-likeness (QED) is 0.676. The summed E-state index contributed by atoms with van der Waals surface area (Å²) in [6.45, 7) is 5.70. The molecule has 0 aromatic carbocycles. The monoisotopic (exact) mass is 407 g/mol. The minimum atomic E-state index is -0.0523. The van der Waals surface area contributed by atoms with E-state index in [0.29, 0.717) is 12.0 Å². The number of fused-ring (bicyclic) bond motifs is 1. The van der Waals surface area contributed by atoms with Crippen LogP contribution in [0.1, 0.15) is 63.6 Å². The first kappa shape index (κ1) is 19.1. The zero-order chi connectivity index (χ0) is 20.7. The second-order valence-corrected chi connectivity index (χ2v) is 8.74. The molecule has 8 heteroatoms. The van der Waals surface area contributed by atoms with Crippen LogP contribution in [0.25, 0.3) is 5.52 Å². The van der Waals surface area contributed by atoms with E-state index in [1.165, 1.54) is 25.0 Å². The minimum absolute atomic E-state index is 0.0446. The molecule has 1 saturated carbocycles. The van der Waals surface area contributed by atoms with E-state index in [1.54, 1.807) is 16.9 Å². The highest BCUT2D eigenvalue weighted by atomic mass is 16.1. The fourth-order valence-electron chi connectivity index (χ4n) is 4.32. The highest BCUT2D eigenvalue weighted by molar-refractivity contribution is 5.68. The van der Waals surface area contributed by atoms with Crippen molar-refractivity contribution in [3.63, 3.8) is 0 Å². The van der Waals surface area contributed by atoms with Gasteiger partial charge in [-0.2, -0.15) is 10.2 Å². The molecule has 3 aromatic rings. The summed E-state index contributed by atoms with van der Waals surface area (Å²) in [5.41, 5.74) is 2.15. The van der Waals surface area contributed by atoms with Crippen LogP contribution in [0.15, 0.2) is 35.4 Å². The van der Waals surface area contributed by atoms with Crippen LogP contribution in [0, 0.1) is 0 Å². The molecule has 1 unspecified atom stereocenters. The van der Waals surface area contributed by atoms with E-state index in [1.807, 2.05) is 30.6 Å². The molecule has 1 atom stereocenters. The first-order valence-corrected chi connectivity index (χ1v) is 11.0. The molecule has 8 nitrogen and oxygen atoms in total. The van der Waals surface area contributed by atoms with Crippen molar-refractivity contribution in [1.29, 1.82) is 0 Å². The van der Waals surface area contributed by atoms with Crippen LogP contribution in [0.2, 0.25) is 0 Å². The van der Waals surface area contributed by atoms with Crippen LogP contribution in [-0.4, -0.2) is 43.5 Å². The van der Waals surface area contributed by atoms with E-state index in [0.717, 1.165) is 43.1 Å². The topological polar surface area (TPSA) is 80.3 Å². The van der Waals surface area contributed by atoms with Gasteiger partial charge in [0.2, 0.25) is 0 Å². The molecule has 158 valence electrons. The lowest BCUT2D eigenvalue weighted by molar-refractivity contribution is 0.451. The Hall–Kier alpha value is -2.90. The van der Waals surface area contributed by atoms with Crippen molar-refractivity contribution >= 4 is 17.2 Å². The first-order chi connectivity index (χ1) is 14.6. The molecule has 0 radical (unpaired) electrons. The van der Waals surface area contributed by atoms with E-state index >= 15 is 0 Å². The Labute approximate surface area is 175 Å². The molecule has 1 saturated heterocycles. The molecular formula is C22H29N7O. The van der Waals surface area contributed by atoms with Crippen molar-refractivity contribution < 1.29 is 0 Å². The molecular weight excluding hydrogens is 378 g/mol. The lowest BCUT2D eigenvalue weighted by Crippen LogP contribution is -2.45. The van der Waals surface area contributed by atoms with Gasteiger partial charge in [0, 0.05) is 43.5 Å². The molecule has 5 rings (SSSR count). The predicted molar refractivity (Wildman–Crippen MR) is 117 cm³/mol. The maximum atomic E-state index is 12.1. The standard InChI is InChI=1S/C22H29N7O/c1-15(2)29-21(30)9-8-20(26-29)27-11-4-3-5-17(27)14-24-22-19-13-18(16-6-7-16)25-28(19)12-10-23-22/h8-10,12-13,15-17H,3-7,11,14H2,1-2H3,(H,23,24). The van der Waals surface area contributed by atoms with Crippen LogP contribution in [0.4, 0.5) is 11.6 Å². The summed E-state index contributed by atoms with van der Waals surface area (Å²) in [6, 6.07) is 6.01. The van der Waals surface area contributed by atoms with Crippen molar-refractivity contribution in [2.24, 2.45) is 0 Å². The van der Waals surface area contributed by atoms with E-state index in [9.17, 15) is 4.79 Å². The molecule has 0 amide bonds. The normalized spacial score (nSPS) is 19.6. The Morgan fingerprint density at radius 3 is 2.83 bits per heavy atom. The van der Waals surface area contributed by atoms with Crippen LogP contribution >= 0.6 is 0 Å². The Morgan fingerprint density at radius 2 is 2.03 bits per heavy atom. The highest BCUT2D eigenvalue weighted by Gasteiger charge is 2.27. The van der Waals surface area contributed by atoms with Crippen molar-refractivity contribution in [2.75, 3.05) is 23.3 Å². The van der Waals surface area contributed by atoms with Gasteiger partial charge in [0.1, 0.15) is 11.3 Å². The van der Waals surface area contributed by atoms with Gasteiger partial charge in [0.25, 0.3) is 5.56 Å². The van der Waals surface area contributed by atoms with Gasteiger partial charge in [0.15, 0.2) is 5.82 Å². The lowest BCUT2D eigenvalue weighted by Gasteiger charge is -2.37. The summed E-state index contributed by atoms with van der Waals surface area (Å²) < 4.78 is 3.50. The van der Waals surface area contributed by atoms with Gasteiger partial charge in [-0.1, -0.05) is 0 Å². The number of nitrogens with zero attached hydrogens (tertiary/aromatic N) is 6. The van der Waals surface area contributed by atoms with Crippen molar-refractivity contribution in [2.45, 2.75) is 64.0 Å². The largest absolute Gasteiger partial charge is 0.366 e. The minimum Gasteiger partial charge on any atom is -0.366 e.